The van der Waals surface area contributed by atoms with Crippen LogP contribution in [-0.4, -0.2) is 15.9 Å². The Balaban J connectivity index is 1.72. The first-order chi connectivity index (χ1) is 10.2. The van der Waals surface area contributed by atoms with Gasteiger partial charge in [0.25, 0.3) is 0 Å². The van der Waals surface area contributed by atoms with Gasteiger partial charge in [0.1, 0.15) is 5.82 Å². The van der Waals surface area contributed by atoms with Gasteiger partial charge in [-0.3, -0.25) is 4.79 Å². The number of benzene rings is 2. The fourth-order valence-electron chi connectivity index (χ4n) is 2.13. The summed E-state index contributed by atoms with van der Waals surface area (Å²) in [5.74, 6) is 0.701. The number of imidazole rings is 1. The Kier molecular flexibility index (Phi) is 3.51. The molecule has 21 heavy (non-hydrogen) atoms. The number of hydrogen-bond acceptors (Lipinski definition) is 2. The minimum absolute atomic E-state index is 0.158. The van der Waals surface area contributed by atoms with Crippen molar-refractivity contribution in [2.24, 2.45) is 0 Å². The number of aromatic amines is 1. The summed E-state index contributed by atoms with van der Waals surface area (Å²) in [4.78, 5) is 19.4. The first-order valence-electron chi connectivity index (χ1n) is 6.71. The topological polar surface area (TPSA) is 57.8 Å². The van der Waals surface area contributed by atoms with E-state index in [9.17, 15) is 4.79 Å². The highest BCUT2D eigenvalue weighted by atomic mass is 16.1. The molecule has 0 aliphatic rings. The molecule has 4 nitrogen and oxygen atoms in total. The van der Waals surface area contributed by atoms with E-state index in [-0.39, 0.29) is 5.91 Å². The van der Waals surface area contributed by atoms with E-state index < -0.39 is 0 Å². The number of nitrogens with one attached hydrogen (secondary N) is 2. The van der Waals surface area contributed by atoms with Crippen LogP contribution in [0.15, 0.2) is 54.6 Å². The molecule has 0 aliphatic carbocycles. The van der Waals surface area contributed by atoms with Gasteiger partial charge in [0.15, 0.2) is 0 Å². The summed E-state index contributed by atoms with van der Waals surface area (Å²) in [5, 5.41) is 2.84. The Bertz CT molecular complexity index is 803. The van der Waals surface area contributed by atoms with Crippen LogP contribution in [0.25, 0.3) is 17.1 Å². The molecule has 0 saturated carbocycles. The zero-order valence-electron chi connectivity index (χ0n) is 11.6. The van der Waals surface area contributed by atoms with Crippen molar-refractivity contribution < 1.29 is 4.79 Å². The average Bonchev–Trinajstić information content (AvgIpc) is 2.85. The number of amides is 1. The Morgan fingerprint density at radius 3 is 2.81 bits per heavy atom. The van der Waals surface area contributed by atoms with E-state index in [2.05, 4.69) is 15.3 Å². The third kappa shape index (κ3) is 3.17. The summed E-state index contributed by atoms with van der Waals surface area (Å²) >= 11 is 0. The second-order valence-corrected chi connectivity index (χ2v) is 4.79. The Hall–Kier alpha value is -2.88. The van der Waals surface area contributed by atoms with Gasteiger partial charge >= 0.3 is 0 Å². The molecule has 2 N–H and O–H groups in total. The number of rotatable bonds is 3. The minimum Gasteiger partial charge on any atom is -0.342 e. The average molecular weight is 277 g/mol. The lowest BCUT2D eigenvalue weighted by Gasteiger charge is -2.01. The number of carbonyl (C=O) groups excluding carboxylic acids is 1. The van der Waals surface area contributed by atoms with Gasteiger partial charge in [-0.1, -0.05) is 30.3 Å². The molecule has 4 heteroatoms. The monoisotopic (exact) mass is 277 g/mol. The van der Waals surface area contributed by atoms with Crippen molar-refractivity contribution in [1.29, 1.82) is 0 Å². The van der Waals surface area contributed by atoms with Crippen molar-refractivity contribution in [2.45, 2.75) is 6.92 Å². The zero-order chi connectivity index (χ0) is 14.7. The lowest BCUT2D eigenvalue weighted by Crippen LogP contribution is -2.07. The fraction of sp³-hybridized carbons (Fsp3) is 0.0588. The van der Waals surface area contributed by atoms with Crippen molar-refractivity contribution in [3.8, 4) is 0 Å². The lowest BCUT2D eigenvalue weighted by atomic mass is 10.2. The molecule has 0 fully saturated rings. The van der Waals surface area contributed by atoms with Crippen LogP contribution in [0.5, 0.6) is 0 Å². The van der Waals surface area contributed by atoms with Crippen LogP contribution in [-0.2, 0) is 4.79 Å². The van der Waals surface area contributed by atoms with Crippen LogP contribution in [0, 0.1) is 6.92 Å². The third-order valence-corrected chi connectivity index (χ3v) is 3.09. The van der Waals surface area contributed by atoms with Crippen LogP contribution in [0.4, 0.5) is 5.69 Å². The quantitative estimate of drug-likeness (QED) is 0.720. The van der Waals surface area contributed by atoms with E-state index >= 15 is 0 Å². The highest BCUT2D eigenvalue weighted by Gasteiger charge is 2.02. The van der Waals surface area contributed by atoms with Gasteiger partial charge in [0, 0.05) is 11.8 Å². The van der Waals surface area contributed by atoms with E-state index in [1.165, 1.54) is 6.08 Å². The number of aryl methyl sites for hydroxylation is 1. The van der Waals surface area contributed by atoms with Crippen molar-refractivity contribution >= 4 is 28.7 Å². The predicted molar refractivity (Wildman–Crippen MR) is 84.9 cm³/mol. The van der Waals surface area contributed by atoms with Gasteiger partial charge in [0.05, 0.1) is 11.0 Å². The number of fused-ring (bicyclic) bond motifs is 1. The van der Waals surface area contributed by atoms with Crippen LogP contribution < -0.4 is 5.32 Å². The van der Waals surface area contributed by atoms with Gasteiger partial charge in [-0.25, -0.2) is 4.98 Å². The molecule has 0 unspecified atom stereocenters. The molecule has 0 atom stereocenters. The van der Waals surface area contributed by atoms with Crippen LogP contribution >= 0.6 is 0 Å². The summed E-state index contributed by atoms with van der Waals surface area (Å²) in [7, 11) is 0. The van der Waals surface area contributed by atoms with E-state index in [1.807, 2.05) is 55.5 Å². The second kappa shape index (κ2) is 5.63. The molecule has 3 rings (SSSR count). The van der Waals surface area contributed by atoms with Gasteiger partial charge in [-0.2, -0.15) is 0 Å². The second-order valence-electron chi connectivity index (χ2n) is 4.79. The third-order valence-electron chi connectivity index (χ3n) is 3.09. The summed E-state index contributed by atoms with van der Waals surface area (Å²) in [6.07, 6.45) is 3.31. The van der Waals surface area contributed by atoms with Crippen molar-refractivity contribution in [2.75, 3.05) is 5.32 Å². The van der Waals surface area contributed by atoms with Gasteiger partial charge in [-0.05, 0) is 36.8 Å². The maximum absolute atomic E-state index is 11.9. The van der Waals surface area contributed by atoms with Crippen LogP contribution in [0.1, 0.15) is 11.4 Å². The Labute approximate surface area is 122 Å². The maximum atomic E-state index is 11.9. The molecule has 3 aromatic rings. The number of carbonyl (C=O) groups is 1. The standard InChI is InChI=1S/C17H15N3O/c1-12-18-15-9-8-14(11-16(15)19-12)20-17(21)10-7-13-5-3-2-4-6-13/h2-11H,1H3,(H,18,19)(H,20,21)/b10-7+. The first-order valence-corrected chi connectivity index (χ1v) is 6.71. The number of H-pyrrole nitrogens is 1. The zero-order valence-corrected chi connectivity index (χ0v) is 11.6. The summed E-state index contributed by atoms with van der Waals surface area (Å²) < 4.78 is 0. The molecular formula is C17H15N3O. The van der Waals surface area contributed by atoms with E-state index in [1.54, 1.807) is 6.08 Å². The fourth-order valence-corrected chi connectivity index (χ4v) is 2.13. The molecule has 1 amide bonds. The number of hydrogen-bond donors (Lipinski definition) is 2. The molecule has 0 saturated heterocycles. The SMILES string of the molecule is Cc1nc2ccc(NC(=O)/C=C/c3ccccc3)cc2[nH]1. The lowest BCUT2D eigenvalue weighted by molar-refractivity contribution is -0.111. The van der Waals surface area contributed by atoms with E-state index in [0.29, 0.717) is 0 Å². The van der Waals surface area contributed by atoms with Gasteiger partial charge < -0.3 is 10.3 Å². The van der Waals surface area contributed by atoms with E-state index in [0.717, 1.165) is 28.1 Å². The first kappa shape index (κ1) is 13.1. The van der Waals surface area contributed by atoms with Crippen LogP contribution in [0.3, 0.4) is 0 Å². The highest BCUT2D eigenvalue weighted by molar-refractivity contribution is 6.02. The molecule has 0 spiro atoms. The predicted octanol–water partition coefficient (Wildman–Crippen LogP) is 3.52. The molecule has 1 heterocycles. The van der Waals surface area contributed by atoms with E-state index in [4.69, 9.17) is 0 Å². The Morgan fingerprint density at radius 2 is 2.00 bits per heavy atom. The number of aromatic nitrogens is 2. The van der Waals surface area contributed by atoms with Gasteiger partial charge in [0.2, 0.25) is 5.91 Å². The minimum atomic E-state index is -0.158. The van der Waals surface area contributed by atoms with Crippen LogP contribution in [0.2, 0.25) is 0 Å². The largest absolute Gasteiger partial charge is 0.342 e. The molecule has 0 radical (unpaired) electrons. The molecule has 0 bridgehead atoms. The van der Waals surface area contributed by atoms with Crippen molar-refractivity contribution in [1.82, 2.24) is 9.97 Å². The molecular weight excluding hydrogens is 262 g/mol. The van der Waals surface area contributed by atoms with Gasteiger partial charge in [-0.15, -0.1) is 0 Å². The van der Waals surface area contributed by atoms with Crippen molar-refractivity contribution in [3.05, 3.63) is 66.0 Å². The summed E-state index contributed by atoms with van der Waals surface area (Å²) in [6.45, 7) is 1.90. The number of anilines is 1. The molecule has 104 valence electrons. The smallest absolute Gasteiger partial charge is 0.248 e. The molecule has 2 aromatic carbocycles. The maximum Gasteiger partial charge on any atom is 0.248 e. The summed E-state index contributed by atoms with van der Waals surface area (Å²) in [5.41, 5.74) is 3.55. The number of nitrogens with zero attached hydrogens (tertiary/aromatic N) is 1. The highest BCUT2D eigenvalue weighted by Crippen LogP contribution is 2.17. The molecule has 1 aromatic heterocycles. The normalized spacial score (nSPS) is 11.1. The molecule has 0 aliphatic heterocycles. The van der Waals surface area contributed by atoms with Crippen molar-refractivity contribution in [3.63, 3.8) is 0 Å². The summed E-state index contributed by atoms with van der Waals surface area (Å²) in [6, 6.07) is 15.3. The Morgan fingerprint density at radius 1 is 1.19 bits per heavy atom.